The number of hydrogen-bond acceptors (Lipinski definition) is 3. The molecule has 1 N–H and O–H groups in total. The Kier molecular flexibility index (Phi) is 3.54. The molecule has 94 valence electrons. The normalized spacial score (nSPS) is 16.8. The molecule has 1 saturated heterocycles. The van der Waals surface area contributed by atoms with Gasteiger partial charge in [-0.1, -0.05) is 18.2 Å². The van der Waals surface area contributed by atoms with Crippen molar-refractivity contribution in [2.75, 3.05) is 18.8 Å². The third kappa shape index (κ3) is 3.30. The fourth-order valence-corrected chi connectivity index (χ4v) is 3.79. The van der Waals surface area contributed by atoms with Crippen LogP contribution in [0.15, 0.2) is 18.2 Å². The molecule has 1 aliphatic rings. The molecule has 0 saturated carbocycles. The molecule has 4 heteroatoms. The van der Waals surface area contributed by atoms with Crippen LogP contribution in [-0.2, 0) is 15.6 Å². The molecular formula is C13H19NO2S. The summed E-state index contributed by atoms with van der Waals surface area (Å²) in [4.78, 5) is 0. The molecule has 1 aromatic rings. The molecular weight excluding hydrogens is 234 g/mol. The van der Waals surface area contributed by atoms with E-state index in [-0.39, 0.29) is 5.75 Å². The second kappa shape index (κ2) is 4.78. The topological polar surface area (TPSA) is 46.2 Å². The van der Waals surface area contributed by atoms with Gasteiger partial charge in [-0.25, -0.2) is 8.42 Å². The molecule has 0 radical (unpaired) electrons. The van der Waals surface area contributed by atoms with Gasteiger partial charge in [0.25, 0.3) is 0 Å². The van der Waals surface area contributed by atoms with Crippen molar-refractivity contribution in [2.24, 2.45) is 5.92 Å². The van der Waals surface area contributed by atoms with Gasteiger partial charge >= 0.3 is 0 Å². The third-order valence-corrected chi connectivity index (χ3v) is 5.07. The van der Waals surface area contributed by atoms with Crippen molar-refractivity contribution >= 4 is 9.84 Å². The van der Waals surface area contributed by atoms with Crippen molar-refractivity contribution < 1.29 is 8.42 Å². The molecule has 0 atom stereocenters. The van der Waals surface area contributed by atoms with Gasteiger partial charge in [0.15, 0.2) is 9.84 Å². The first kappa shape index (κ1) is 12.6. The largest absolute Gasteiger partial charge is 0.316 e. The number of benzene rings is 1. The number of sulfone groups is 1. The van der Waals surface area contributed by atoms with Crippen molar-refractivity contribution in [1.29, 1.82) is 0 Å². The van der Waals surface area contributed by atoms with Gasteiger partial charge in [-0.05, 0) is 36.5 Å². The van der Waals surface area contributed by atoms with E-state index in [4.69, 9.17) is 0 Å². The van der Waals surface area contributed by atoms with Crippen molar-refractivity contribution in [3.8, 4) is 0 Å². The first-order chi connectivity index (χ1) is 7.96. The molecule has 0 unspecified atom stereocenters. The predicted octanol–water partition coefficient (Wildman–Crippen LogP) is 1.44. The molecule has 0 aromatic heterocycles. The summed E-state index contributed by atoms with van der Waals surface area (Å²) in [5, 5.41) is 3.10. The van der Waals surface area contributed by atoms with E-state index >= 15 is 0 Å². The molecule has 0 spiro atoms. The summed E-state index contributed by atoms with van der Waals surface area (Å²) in [7, 11) is -2.96. The maximum atomic E-state index is 12.0. The molecule has 0 bridgehead atoms. The Hall–Kier alpha value is -0.870. The highest BCUT2D eigenvalue weighted by molar-refractivity contribution is 7.90. The van der Waals surface area contributed by atoms with Gasteiger partial charge in [0, 0.05) is 13.1 Å². The quantitative estimate of drug-likeness (QED) is 0.883. The molecule has 1 heterocycles. The summed E-state index contributed by atoms with van der Waals surface area (Å²) in [6.07, 6.45) is 0. The van der Waals surface area contributed by atoms with Crippen molar-refractivity contribution in [3.63, 3.8) is 0 Å². The van der Waals surface area contributed by atoms with Crippen LogP contribution >= 0.6 is 0 Å². The van der Waals surface area contributed by atoms with Crippen molar-refractivity contribution in [2.45, 2.75) is 19.6 Å². The van der Waals surface area contributed by atoms with E-state index in [1.165, 1.54) is 5.56 Å². The zero-order valence-corrected chi connectivity index (χ0v) is 11.2. The van der Waals surface area contributed by atoms with Crippen LogP contribution in [0.25, 0.3) is 0 Å². The average molecular weight is 253 g/mol. The molecule has 1 aliphatic heterocycles. The Balaban J connectivity index is 2.05. The summed E-state index contributed by atoms with van der Waals surface area (Å²) in [5.41, 5.74) is 3.26. The molecule has 2 rings (SSSR count). The van der Waals surface area contributed by atoms with E-state index in [0.29, 0.717) is 11.7 Å². The molecule has 1 fully saturated rings. The van der Waals surface area contributed by atoms with Crippen LogP contribution in [0.2, 0.25) is 0 Å². The second-order valence-electron chi connectivity index (χ2n) is 5.00. The monoisotopic (exact) mass is 253 g/mol. The van der Waals surface area contributed by atoms with Gasteiger partial charge in [0.1, 0.15) is 0 Å². The predicted molar refractivity (Wildman–Crippen MR) is 69.8 cm³/mol. The lowest BCUT2D eigenvalue weighted by Gasteiger charge is -2.26. The smallest absolute Gasteiger partial charge is 0.154 e. The molecule has 0 aliphatic carbocycles. The first-order valence-electron chi connectivity index (χ1n) is 5.93. The minimum absolute atomic E-state index is 0.171. The van der Waals surface area contributed by atoms with Gasteiger partial charge < -0.3 is 5.32 Å². The van der Waals surface area contributed by atoms with Gasteiger partial charge in [0.2, 0.25) is 0 Å². The standard InChI is InChI=1S/C13H19NO2S/c1-10-3-4-12(5-11(10)2)8-17(15,16)9-13-6-14-7-13/h3-5,13-14H,6-9H2,1-2H3. The van der Waals surface area contributed by atoms with Crippen LogP contribution in [0.5, 0.6) is 0 Å². The molecule has 0 amide bonds. The van der Waals surface area contributed by atoms with E-state index in [0.717, 1.165) is 24.2 Å². The van der Waals surface area contributed by atoms with Crippen LogP contribution in [0.3, 0.4) is 0 Å². The van der Waals surface area contributed by atoms with Gasteiger partial charge in [0.05, 0.1) is 11.5 Å². The maximum absolute atomic E-state index is 12.0. The van der Waals surface area contributed by atoms with Crippen LogP contribution in [-0.4, -0.2) is 27.3 Å². The summed E-state index contributed by atoms with van der Waals surface area (Å²) >= 11 is 0. The van der Waals surface area contributed by atoms with Gasteiger partial charge in [-0.15, -0.1) is 0 Å². The Morgan fingerprint density at radius 3 is 2.47 bits per heavy atom. The lowest BCUT2D eigenvalue weighted by molar-refractivity contribution is 0.378. The zero-order chi connectivity index (χ0) is 12.5. The summed E-state index contributed by atoms with van der Waals surface area (Å²) in [6.45, 7) is 5.73. The highest BCUT2D eigenvalue weighted by atomic mass is 32.2. The van der Waals surface area contributed by atoms with E-state index in [9.17, 15) is 8.42 Å². The fourth-order valence-electron chi connectivity index (χ4n) is 2.03. The summed E-state index contributed by atoms with van der Waals surface area (Å²) in [5.74, 6) is 0.795. The minimum Gasteiger partial charge on any atom is -0.316 e. The highest BCUT2D eigenvalue weighted by Gasteiger charge is 2.24. The second-order valence-corrected chi connectivity index (χ2v) is 7.11. The lowest BCUT2D eigenvalue weighted by Crippen LogP contribution is -2.45. The number of hydrogen-bond donors (Lipinski definition) is 1. The third-order valence-electron chi connectivity index (χ3n) is 3.31. The van der Waals surface area contributed by atoms with Crippen LogP contribution in [0, 0.1) is 19.8 Å². The Labute approximate surface area is 103 Å². The Morgan fingerprint density at radius 1 is 1.24 bits per heavy atom. The van der Waals surface area contributed by atoms with Gasteiger partial charge in [-0.2, -0.15) is 0 Å². The van der Waals surface area contributed by atoms with E-state index in [2.05, 4.69) is 5.32 Å². The minimum atomic E-state index is -2.96. The molecule has 17 heavy (non-hydrogen) atoms. The number of nitrogens with one attached hydrogen (secondary N) is 1. The van der Waals surface area contributed by atoms with Crippen molar-refractivity contribution in [1.82, 2.24) is 5.32 Å². The van der Waals surface area contributed by atoms with Crippen LogP contribution < -0.4 is 5.32 Å². The number of aryl methyl sites for hydroxylation is 2. The Bertz CT molecular complexity index is 504. The highest BCUT2D eigenvalue weighted by Crippen LogP contribution is 2.15. The fraction of sp³-hybridized carbons (Fsp3) is 0.538. The van der Waals surface area contributed by atoms with E-state index < -0.39 is 9.84 Å². The molecule has 3 nitrogen and oxygen atoms in total. The Morgan fingerprint density at radius 2 is 1.94 bits per heavy atom. The molecule has 1 aromatic carbocycles. The zero-order valence-electron chi connectivity index (χ0n) is 10.4. The summed E-state index contributed by atoms with van der Waals surface area (Å²) in [6, 6.07) is 5.88. The van der Waals surface area contributed by atoms with Gasteiger partial charge in [-0.3, -0.25) is 0 Å². The maximum Gasteiger partial charge on any atom is 0.154 e. The first-order valence-corrected chi connectivity index (χ1v) is 7.76. The van der Waals surface area contributed by atoms with Crippen LogP contribution in [0.1, 0.15) is 16.7 Å². The summed E-state index contributed by atoms with van der Waals surface area (Å²) < 4.78 is 23.9. The van der Waals surface area contributed by atoms with E-state index in [1.807, 2.05) is 32.0 Å². The average Bonchev–Trinajstić information content (AvgIpc) is 2.18. The lowest BCUT2D eigenvalue weighted by atomic mass is 10.1. The SMILES string of the molecule is Cc1ccc(CS(=O)(=O)CC2CNC2)cc1C. The van der Waals surface area contributed by atoms with E-state index in [1.54, 1.807) is 0 Å². The van der Waals surface area contributed by atoms with Crippen molar-refractivity contribution in [3.05, 3.63) is 34.9 Å². The van der Waals surface area contributed by atoms with Crippen LogP contribution in [0.4, 0.5) is 0 Å². The number of rotatable bonds is 4.